The number of amides is 2. The Kier molecular flexibility index (Phi) is 4.20. The van der Waals surface area contributed by atoms with E-state index in [-0.39, 0.29) is 31.5 Å². The number of hydrogen-bond donors (Lipinski definition) is 0. The van der Waals surface area contributed by atoms with Crippen molar-refractivity contribution >= 4 is 55.9 Å². The van der Waals surface area contributed by atoms with Crippen molar-refractivity contribution < 1.29 is 24.0 Å². The van der Waals surface area contributed by atoms with Crippen LogP contribution in [0, 0.1) is 0 Å². The number of carbonyl (C=O) groups excluding carboxylic acids is 4. The fraction of sp³-hybridized carbons (Fsp3) is 0.167. The average molecular weight is 399 g/mol. The van der Waals surface area contributed by atoms with Gasteiger partial charge in [0.25, 0.3) is 11.8 Å². The zero-order chi connectivity index (χ0) is 20.8. The predicted molar refractivity (Wildman–Crippen MR) is 111 cm³/mol. The molecular weight excluding hydrogens is 382 g/mol. The van der Waals surface area contributed by atoms with Crippen molar-refractivity contribution in [3.8, 4) is 0 Å². The average Bonchev–Trinajstić information content (AvgIpc) is 3.07. The van der Waals surface area contributed by atoms with E-state index in [4.69, 9.17) is 4.84 Å². The zero-order valence-corrected chi connectivity index (χ0v) is 16.0. The third-order valence-corrected chi connectivity index (χ3v) is 5.58. The van der Waals surface area contributed by atoms with Crippen molar-refractivity contribution in [2.45, 2.75) is 25.7 Å². The van der Waals surface area contributed by atoms with E-state index in [0.29, 0.717) is 10.6 Å². The summed E-state index contributed by atoms with van der Waals surface area (Å²) >= 11 is 0. The van der Waals surface area contributed by atoms with Crippen LogP contribution in [0.3, 0.4) is 0 Å². The summed E-state index contributed by atoms with van der Waals surface area (Å²) in [6, 6.07) is 17.9. The van der Waals surface area contributed by atoms with Crippen molar-refractivity contribution in [1.29, 1.82) is 0 Å². The van der Waals surface area contributed by atoms with Crippen LogP contribution in [-0.4, -0.2) is 28.6 Å². The van der Waals surface area contributed by atoms with E-state index in [0.717, 1.165) is 32.3 Å². The van der Waals surface area contributed by atoms with E-state index in [2.05, 4.69) is 6.07 Å². The Morgan fingerprint density at radius 3 is 2.07 bits per heavy atom. The van der Waals surface area contributed by atoms with E-state index in [9.17, 15) is 19.2 Å². The van der Waals surface area contributed by atoms with E-state index in [1.165, 1.54) is 0 Å². The van der Waals surface area contributed by atoms with Crippen LogP contribution in [0.4, 0.5) is 0 Å². The van der Waals surface area contributed by atoms with Crippen LogP contribution in [-0.2, 0) is 19.2 Å². The molecule has 1 fully saturated rings. The number of nitrogens with zero attached hydrogens (tertiary/aromatic N) is 1. The van der Waals surface area contributed by atoms with Crippen molar-refractivity contribution in [3.63, 3.8) is 0 Å². The van der Waals surface area contributed by atoms with Gasteiger partial charge in [0.2, 0.25) is 0 Å². The van der Waals surface area contributed by atoms with Gasteiger partial charge >= 0.3 is 5.97 Å². The Morgan fingerprint density at radius 1 is 0.767 bits per heavy atom. The normalized spacial score (nSPS) is 14.3. The Hall–Kier alpha value is -3.80. The summed E-state index contributed by atoms with van der Waals surface area (Å²) in [7, 11) is 0. The minimum atomic E-state index is -0.773. The molecule has 0 atom stereocenters. The molecule has 0 aromatic heterocycles. The summed E-state index contributed by atoms with van der Waals surface area (Å²) in [5, 5.41) is 6.77. The van der Waals surface area contributed by atoms with Gasteiger partial charge in [0.05, 0.1) is 6.42 Å². The van der Waals surface area contributed by atoms with Gasteiger partial charge in [0, 0.05) is 24.8 Å². The monoisotopic (exact) mass is 399 g/mol. The molecule has 148 valence electrons. The molecule has 6 nitrogen and oxygen atoms in total. The number of benzene rings is 4. The van der Waals surface area contributed by atoms with Crippen LogP contribution in [0.1, 0.15) is 36.0 Å². The van der Waals surface area contributed by atoms with Gasteiger partial charge in [-0.2, -0.15) is 0 Å². The highest BCUT2D eigenvalue weighted by Crippen LogP contribution is 2.36. The maximum absolute atomic E-state index is 12.9. The summed E-state index contributed by atoms with van der Waals surface area (Å²) in [6.07, 6.45) is -0.210. The van der Waals surface area contributed by atoms with Crippen LogP contribution in [0.2, 0.25) is 0 Å². The first kappa shape index (κ1) is 18.2. The highest BCUT2D eigenvalue weighted by Gasteiger charge is 2.32. The molecule has 0 radical (unpaired) electrons. The quantitative estimate of drug-likeness (QED) is 0.286. The van der Waals surface area contributed by atoms with E-state index in [1.54, 1.807) is 6.07 Å². The molecule has 1 aliphatic heterocycles. The molecule has 0 aliphatic carbocycles. The third-order valence-electron chi connectivity index (χ3n) is 5.58. The summed E-state index contributed by atoms with van der Waals surface area (Å²) in [6.45, 7) is 0. The number of carbonyl (C=O) groups is 4. The molecule has 4 aromatic carbocycles. The lowest BCUT2D eigenvalue weighted by molar-refractivity contribution is -0.197. The smallest absolute Gasteiger partial charge is 0.330 e. The van der Waals surface area contributed by atoms with Crippen LogP contribution in [0.5, 0.6) is 0 Å². The van der Waals surface area contributed by atoms with Gasteiger partial charge in [-0.1, -0.05) is 54.6 Å². The number of imide groups is 1. The minimum absolute atomic E-state index is 0.0355. The first-order chi connectivity index (χ1) is 14.5. The second kappa shape index (κ2) is 6.91. The highest BCUT2D eigenvalue weighted by atomic mass is 16.7. The second-order valence-electron chi connectivity index (χ2n) is 7.44. The van der Waals surface area contributed by atoms with Crippen molar-refractivity contribution in [3.05, 3.63) is 60.2 Å². The molecule has 1 saturated heterocycles. The fourth-order valence-corrected chi connectivity index (χ4v) is 4.13. The fourth-order valence-electron chi connectivity index (χ4n) is 4.13. The molecule has 0 unspecified atom stereocenters. The van der Waals surface area contributed by atoms with Gasteiger partial charge in [-0.3, -0.25) is 14.4 Å². The standard InChI is InChI=1S/C24H17NO5/c26-19(10-13-22(29)30-25-20(27)11-12-21(25)28)17-8-6-16-5-4-14-2-1-3-15-7-9-18(17)24(16)23(14)15/h1-9H,10-13H2. The number of Topliss-reactive ketones (excluding diaryl/α,β-unsaturated/α-hetero) is 1. The number of hydroxylamine groups is 2. The number of ketones is 1. The van der Waals surface area contributed by atoms with Crippen molar-refractivity contribution in [2.24, 2.45) is 0 Å². The van der Waals surface area contributed by atoms with Crippen molar-refractivity contribution in [2.75, 3.05) is 0 Å². The molecule has 0 bridgehead atoms. The largest absolute Gasteiger partial charge is 0.333 e. The molecule has 6 heteroatoms. The number of rotatable bonds is 5. The maximum atomic E-state index is 12.9. The molecule has 30 heavy (non-hydrogen) atoms. The first-order valence-corrected chi connectivity index (χ1v) is 9.79. The van der Waals surface area contributed by atoms with Gasteiger partial charge in [-0.15, -0.1) is 5.06 Å². The Bertz CT molecular complexity index is 1320. The third kappa shape index (κ3) is 2.88. The lowest BCUT2D eigenvalue weighted by atomic mass is 9.90. The van der Waals surface area contributed by atoms with E-state index in [1.807, 2.05) is 42.5 Å². The first-order valence-electron chi connectivity index (χ1n) is 9.79. The molecule has 1 heterocycles. The van der Waals surface area contributed by atoms with Gasteiger partial charge in [-0.05, 0) is 32.3 Å². The van der Waals surface area contributed by atoms with Gasteiger partial charge < -0.3 is 4.84 Å². The molecule has 4 aromatic rings. The summed E-state index contributed by atoms with van der Waals surface area (Å²) < 4.78 is 0. The summed E-state index contributed by atoms with van der Waals surface area (Å²) in [5.74, 6) is -2.04. The molecule has 0 spiro atoms. The van der Waals surface area contributed by atoms with Gasteiger partial charge in [0.15, 0.2) is 5.78 Å². The van der Waals surface area contributed by atoms with Crippen molar-refractivity contribution in [1.82, 2.24) is 5.06 Å². The topological polar surface area (TPSA) is 80.8 Å². The summed E-state index contributed by atoms with van der Waals surface area (Å²) in [5.41, 5.74) is 0.543. The van der Waals surface area contributed by atoms with Gasteiger partial charge in [0.1, 0.15) is 0 Å². The molecular formula is C24H17NO5. The number of hydrogen-bond acceptors (Lipinski definition) is 5. The van der Waals surface area contributed by atoms with Crippen LogP contribution in [0.15, 0.2) is 54.6 Å². The highest BCUT2D eigenvalue weighted by molar-refractivity contribution is 6.26. The predicted octanol–water partition coefficient (Wildman–Crippen LogP) is 4.15. The van der Waals surface area contributed by atoms with Gasteiger partial charge in [-0.25, -0.2) is 4.79 Å². The maximum Gasteiger partial charge on any atom is 0.333 e. The molecule has 5 rings (SSSR count). The second-order valence-corrected chi connectivity index (χ2v) is 7.44. The Balaban J connectivity index is 1.42. The zero-order valence-electron chi connectivity index (χ0n) is 16.0. The van der Waals surface area contributed by atoms with E-state index >= 15 is 0 Å². The molecule has 2 amide bonds. The van der Waals surface area contributed by atoms with E-state index < -0.39 is 17.8 Å². The SMILES string of the molecule is O=C(CCC(=O)c1ccc2ccc3cccc4ccc1c2c34)ON1C(=O)CCC1=O. The Morgan fingerprint density at radius 2 is 1.37 bits per heavy atom. The minimum Gasteiger partial charge on any atom is -0.330 e. The Labute approximate surface area is 171 Å². The van der Waals surface area contributed by atoms with Crippen LogP contribution in [0.25, 0.3) is 32.3 Å². The summed E-state index contributed by atoms with van der Waals surface area (Å²) in [4.78, 5) is 52.9. The molecule has 0 saturated carbocycles. The lowest BCUT2D eigenvalue weighted by Crippen LogP contribution is -2.32. The molecule has 0 N–H and O–H groups in total. The molecule has 1 aliphatic rings. The van der Waals surface area contributed by atoms with Crippen LogP contribution >= 0.6 is 0 Å². The van der Waals surface area contributed by atoms with Crippen LogP contribution < -0.4 is 0 Å². The lowest BCUT2D eigenvalue weighted by Gasteiger charge is -2.14.